The van der Waals surface area contributed by atoms with Gasteiger partial charge in [-0.3, -0.25) is 9.69 Å². The van der Waals surface area contributed by atoms with Crippen molar-refractivity contribution in [2.75, 3.05) is 25.7 Å². The van der Waals surface area contributed by atoms with Crippen molar-refractivity contribution >= 4 is 25.3 Å². The number of nitrogens with zero attached hydrogens (tertiary/aromatic N) is 3. The summed E-state index contributed by atoms with van der Waals surface area (Å²) < 4.78 is 17.4. The van der Waals surface area contributed by atoms with Crippen LogP contribution in [0.5, 0.6) is 0 Å². The van der Waals surface area contributed by atoms with Crippen molar-refractivity contribution in [2.24, 2.45) is 0 Å². The number of rotatable bonds is 16. The van der Waals surface area contributed by atoms with Gasteiger partial charge in [0.1, 0.15) is 0 Å². The summed E-state index contributed by atoms with van der Waals surface area (Å²) in [5.41, 5.74) is 0.314. The van der Waals surface area contributed by atoms with Crippen LogP contribution in [0, 0.1) is 0 Å². The van der Waals surface area contributed by atoms with E-state index in [4.69, 9.17) is 9.26 Å². The molecule has 0 bridgehead atoms. The number of thioether (sulfide) groups is 1. The number of carbonyl (C=O) groups excluding carboxylic acids is 1. The van der Waals surface area contributed by atoms with Gasteiger partial charge in [0.05, 0.1) is 12.5 Å². The summed E-state index contributed by atoms with van der Waals surface area (Å²) in [4.78, 5) is 15.0. The van der Waals surface area contributed by atoms with Crippen LogP contribution in [0.25, 0.3) is 0 Å². The van der Waals surface area contributed by atoms with Crippen molar-refractivity contribution in [1.82, 2.24) is 14.2 Å². The smallest absolute Gasteiger partial charge is 0.192 e. The fourth-order valence-electron chi connectivity index (χ4n) is 5.63. The van der Waals surface area contributed by atoms with Gasteiger partial charge in [0, 0.05) is 54.8 Å². The maximum absolute atomic E-state index is 12.5. The first kappa shape index (κ1) is 34.3. The van der Waals surface area contributed by atoms with Crippen LogP contribution < -0.4 is 0 Å². The minimum absolute atomic E-state index is 0.157. The lowest BCUT2D eigenvalue weighted by Gasteiger charge is -2.53. The van der Waals surface area contributed by atoms with Gasteiger partial charge in [-0.05, 0) is 109 Å². The topological polar surface area (TPSA) is 45.3 Å². The Kier molecular flexibility index (Phi) is 15.0. The molecule has 8 heteroatoms. The molecule has 1 saturated heterocycles. The highest BCUT2D eigenvalue weighted by molar-refractivity contribution is 8.13. The number of piperidine rings is 1. The van der Waals surface area contributed by atoms with Gasteiger partial charge in [-0.2, -0.15) is 0 Å². The standard InChI is InChI=1S/C28H58N3O3PS/c1-22(2)30(23(3)4)35(31(24(5)6)25(7)8)34-20-14-19-33-21-36-26(32)15-18-29-27(9,10)16-13-17-28(29,11)12/h22-25H,13-21H2,1-12H3. The van der Waals surface area contributed by atoms with Crippen LogP contribution in [0.2, 0.25) is 0 Å². The fourth-order valence-corrected chi connectivity index (χ4v) is 8.58. The molecule has 0 unspecified atom stereocenters. The minimum atomic E-state index is -0.860. The number of likely N-dealkylation sites (tertiary alicyclic amines) is 1. The van der Waals surface area contributed by atoms with Crippen molar-refractivity contribution in [3.63, 3.8) is 0 Å². The Balaban J connectivity index is 2.44. The lowest BCUT2D eigenvalue weighted by molar-refractivity contribution is -0.112. The van der Waals surface area contributed by atoms with Gasteiger partial charge < -0.3 is 9.26 Å². The van der Waals surface area contributed by atoms with Gasteiger partial charge >= 0.3 is 0 Å². The van der Waals surface area contributed by atoms with Gasteiger partial charge in [-0.1, -0.05) is 11.8 Å². The van der Waals surface area contributed by atoms with Crippen molar-refractivity contribution in [3.05, 3.63) is 0 Å². The minimum Gasteiger partial charge on any atom is -0.370 e. The molecule has 1 heterocycles. The van der Waals surface area contributed by atoms with Crippen molar-refractivity contribution < 1.29 is 14.1 Å². The number of carbonyl (C=O) groups is 1. The van der Waals surface area contributed by atoms with Crippen molar-refractivity contribution in [1.29, 1.82) is 0 Å². The Morgan fingerprint density at radius 1 is 0.861 bits per heavy atom. The number of hydrogen-bond acceptors (Lipinski definition) is 7. The summed E-state index contributed by atoms with van der Waals surface area (Å²) in [6.07, 6.45) is 5.07. The van der Waals surface area contributed by atoms with Crippen LogP contribution in [0.3, 0.4) is 0 Å². The highest BCUT2D eigenvalue weighted by Crippen LogP contribution is 2.50. The zero-order chi connectivity index (χ0) is 27.7. The molecular formula is C28H58N3O3PS. The third-order valence-electron chi connectivity index (χ3n) is 7.03. The Bertz CT molecular complexity index is 592. The van der Waals surface area contributed by atoms with E-state index in [1.807, 2.05) is 0 Å². The van der Waals surface area contributed by atoms with E-state index in [0.717, 1.165) is 13.0 Å². The Labute approximate surface area is 229 Å². The van der Waals surface area contributed by atoms with E-state index >= 15 is 0 Å². The van der Waals surface area contributed by atoms with Crippen LogP contribution >= 0.6 is 20.2 Å². The van der Waals surface area contributed by atoms with E-state index in [-0.39, 0.29) is 16.2 Å². The predicted molar refractivity (Wildman–Crippen MR) is 158 cm³/mol. The molecule has 0 atom stereocenters. The molecule has 0 aliphatic carbocycles. The van der Waals surface area contributed by atoms with E-state index in [2.05, 4.69) is 97.3 Å². The zero-order valence-corrected chi connectivity index (χ0v) is 27.3. The van der Waals surface area contributed by atoms with Gasteiger partial charge in [-0.25, -0.2) is 9.34 Å². The second-order valence-corrected chi connectivity index (χ2v) is 15.2. The SMILES string of the molecule is CC(C)N(C(C)C)P(OCCCOCSC(=O)CCN1C(C)(C)CCCC1(C)C)N(C(C)C)C(C)C. The molecular weight excluding hydrogens is 489 g/mol. The summed E-state index contributed by atoms with van der Waals surface area (Å²) in [6, 6.07) is 1.65. The zero-order valence-electron chi connectivity index (χ0n) is 25.6. The van der Waals surface area contributed by atoms with E-state index in [9.17, 15) is 4.79 Å². The summed E-state index contributed by atoms with van der Waals surface area (Å²) in [6.45, 7) is 29.4. The molecule has 0 N–H and O–H groups in total. The first-order valence-electron chi connectivity index (χ1n) is 14.1. The third-order valence-corrected chi connectivity index (χ3v) is 10.9. The molecule has 0 aromatic carbocycles. The lowest BCUT2D eigenvalue weighted by Crippen LogP contribution is -2.58. The van der Waals surface area contributed by atoms with E-state index in [0.29, 0.717) is 49.7 Å². The van der Waals surface area contributed by atoms with E-state index < -0.39 is 8.45 Å². The first-order chi connectivity index (χ1) is 16.6. The molecule has 0 radical (unpaired) electrons. The average Bonchev–Trinajstić information content (AvgIpc) is 2.70. The van der Waals surface area contributed by atoms with Crippen LogP contribution in [0.1, 0.15) is 115 Å². The van der Waals surface area contributed by atoms with Crippen LogP contribution in [-0.4, -0.2) is 80.3 Å². The normalized spacial score (nSPS) is 18.6. The van der Waals surface area contributed by atoms with E-state index in [1.54, 1.807) is 0 Å². The Morgan fingerprint density at radius 3 is 1.78 bits per heavy atom. The molecule has 1 fully saturated rings. The largest absolute Gasteiger partial charge is 0.370 e. The maximum atomic E-state index is 12.5. The summed E-state index contributed by atoms with van der Waals surface area (Å²) in [5.74, 6) is 0.425. The van der Waals surface area contributed by atoms with Gasteiger partial charge in [0.25, 0.3) is 0 Å². The summed E-state index contributed by atoms with van der Waals surface area (Å²) in [5, 5.41) is 0.223. The number of ether oxygens (including phenoxy) is 1. The molecule has 0 spiro atoms. The second-order valence-electron chi connectivity index (χ2n) is 12.5. The molecule has 1 aliphatic heterocycles. The molecule has 36 heavy (non-hydrogen) atoms. The van der Waals surface area contributed by atoms with Crippen LogP contribution in [0.4, 0.5) is 0 Å². The number of hydrogen-bond donors (Lipinski definition) is 0. The summed E-state index contributed by atoms with van der Waals surface area (Å²) in [7, 11) is -0.860. The third kappa shape index (κ3) is 10.8. The molecule has 0 amide bonds. The molecule has 6 nitrogen and oxygen atoms in total. The Hall–Kier alpha value is 0.250. The molecule has 1 aliphatic rings. The predicted octanol–water partition coefficient (Wildman–Crippen LogP) is 7.52. The van der Waals surface area contributed by atoms with Gasteiger partial charge in [0.15, 0.2) is 13.6 Å². The van der Waals surface area contributed by atoms with Crippen LogP contribution in [-0.2, 0) is 14.1 Å². The fraction of sp³-hybridized carbons (Fsp3) is 0.964. The maximum Gasteiger partial charge on any atom is 0.192 e. The van der Waals surface area contributed by atoms with Gasteiger partial charge in [0.2, 0.25) is 0 Å². The monoisotopic (exact) mass is 547 g/mol. The first-order valence-corrected chi connectivity index (χ1v) is 16.3. The summed E-state index contributed by atoms with van der Waals surface area (Å²) >= 11 is 1.31. The lowest BCUT2D eigenvalue weighted by atomic mass is 9.80. The van der Waals surface area contributed by atoms with Crippen LogP contribution in [0.15, 0.2) is 0 Å². The average molecular weight is 548 g/mol. The Morgan fingerprint density at radius 2 is 1.33 bits per heavy atom. The van der Waals surface area contributed by atoms with Crippen molar-refractivity contribution in [2.45, 2.75) is 150 Å². The van der Waals surface area contributed by atoms with Crippen molar-refractivity contribution in [3.8, 4) is 0 Å². The molecule has 0 saturated carbocycles. The highest BCUT2D eigenvalue weighted by atomic mass is 32.2. The molecule has 214 valence electrons. The van der Waals surface area contributed by atoms with Gasteiger partial charge in [-0.15, -0.1) is 0 Å². The van der Waals surface area contributed by atoms with E-state index in [1.165, 1.54) is 31.0 Å². The molecule has 1 rings (SSSR count). The quantitative estimate of drug-likeness (QED) is 0.112. The molecule has 0 aromatic heterocycles. The molecule has 0 aromatic rings. The highest BCUT2D eigenvalue weighted by Gasteiger charge is 2.41. The second kappa shape index (κ2) is 15.7.